The zero-order valence-corrected chi connectivity index (χ0v) is 12.3. The molecule has 2 unspecified atom stereocenters. The maximum atomic E-state index is 5.64. The number of hydrogen-bond donors (Lipinski definition) is 1. The van der Waals surface area contributed by atoms with Crippen molar-refractivity contribution in [2.24, 2.45) is 5.92 Å². The van der Waals surface area contributed by atoms with Crippen LogP contribution in [-0.2, 0) is 17.8 Å². The second kappa shape index (κ2) is 7.08. The first-order valence-corrected chi connectivity index (χ1v) is 7.25. The van der Waals surface area contributed by atoms with Crippen molar-refractivity contribution in [3.63, 3.8) is 0 Å². The van der Waals surface area contributed by atoms with E-state index in [2.05, 4.69) is 30.1 Å². The number of piperidine rings is 1. The summed E-state index contributed by atoms with van der Waals surface area (Å²) in [7, 11) is 1.81. The van der Waals surface area contributed by atoms with Crippen LogP contribution in [0, 0.1) is 5.92 Å². The summed E-state index contributed by atoms with van der Waals surface area (Å²) >= 11 is 0. The smallest absolute Gasteiger partial charge is 0.122 e. The maximum Gasteiger partial charge on any atom is 0.122 e. The standard InChI is InChI=1S/C15H26N2O2/c1-4-16-9-13-6-8-19-15(13)11-17-7-5-12(2)14(10-17)18-3/h6,8,12,14,16H,4-5,7,9-11H2,1-3H3. The summed E-state index contributed by atoms with van der Waals surface area (Å²) in [6, 6.07) is 2.07. The molecule has 4 heteroatoms. The Morgan fingerprint density at radius 1 is 1.53 bits per heavy atom. The third-order valence-electron chi connectivity index (χ3n) is 4.05. The fourth-order valence-corrected chi connectivity index (χ4v) is 2.67. The molecule has 19 heavy (non-hydrogen) atoms. The van der Waals surface area contributed by atoms with Gasteiger partial charge in [0.1, 0.15) is 5.76 Å². The molecule has 2 heterocycles. The molecule has 0 aromatic carbocycles. The van der Waals surface area contributed by atoms with Crippen LogP contribution < -0.4 is 5.32 Å². The number of methoxy groups -OCH3 is 1. The van der Waals surface area contributed by atoms with Crippen LogP contribution in [0.5, 0.6) is 0 Å². The van der Waals surface area contributed by atoms with Crippen molar-refractivity contribution >= 4 is 0 Å². The largest absolute Gasteiger partial charge is 0.468 e. The number of ether oxygens (including phenoxy) is 1. The van der Waals surface area contributed by atoms with Gasteiger partial charge >= 0.3 is 0 Å². The topological polar surface area (TPSA) is 37.6 Å². The minimum atomic E-state index is 0.348. The normalized spacial score (nSPS) is 24.8. The van der Waals surface area contributed by atoms with Gasteiger partial charge in [0.05, 0.1) is 18.9 Å². The molecule has 1 fully saturated rings. The first-order valence-electron chi connectivity index (χ1n) is 7.25. The molecule has 0 radical (unpaired) electrons. The van der Waals surface area contributed by atoms with Gasteiger partial charge in [0.25, 0.3) is 0 Å². The van der Waals surface area contributed by atoms with Gasteiger partial charge < -0.3 is 14.5 Å². The molecule has 1 aliphatic heterocycles. The fourth-order valence-electron chi connectivity index (χ4n) is 2.67. The minimum absolute atomic E-state index is 0.348. The fraction of sp³-hybridized carbons (Fsp3) is 0.733. The van der Waals surface area contributed by atoms with E-state index in [1.54, 1.807) is 6.26 Å². The van der Waals surface area contributed by atoms with Crippen molar-refractivity contribution < 1.29 is 9.15 Å². The van der Waals surface area contributed by atoms with Crippen LogP contribution in [0.15, 0.2) is 16.7 Å². The number of nitrogens with one attached hydrogen (secondary N) is 1. The van der Waals surface area contributed by atoms with Crippen molar-refractivity contribution in [1.82, 2.24) is 10.2 Å². The Hall–Kier alpha value is -0.840. The summed E-state index contributed by atoms with van der Waals surface area (Å²) in [5, 5.41) is 3.35. The van der Waals surface area contributed by atoms with Crippen molar-refractivity contribution in [3.05, 3.63) is 23.7 Å². The van der Waals surface area contributed by atoms with E-state index in [4.69, 9.17) is 9.15 Å². The second-order valence-corrected chi connectivity index (χ2v) is 5.42. The zero-order valence-electron chi connectivity index (χ0n) is 12.3. The lowest BCUT2D eigenvalue weighted by molar-refractivity contribution is -0.00927. The van der Waals surface area contributed by atoms with E-state index in [-0.39, 0.29) is 0 Å². The molecule has 1 aromatic heterocycles. The third-order valence-corrected chi connectivity index (χ3v) is 4.05. The molecule has 1 aliphatic rings. The number of likely N-dealkylation sites (tertiary alicyclic amines) is 1. The van der Waals surface area contributed by atoms with Crippen LogP contribution in [0.25, 0.3) is 0 Å². The van der Waals surface area contributed by atoms with E-state index < -0.39 is 0 Å². The lowest BCUT2D eigenvalue weighted by atomic mass is 9.95. The number of rotatable bonds is 6. The second-order valence-electron chi connectivity index (χ2n) is 5.42. The molecule has 1 N–H and O–H groups in total. The molecule has 0 saturated carbocycles. The molecule has 1 aromatic rings. The van der Waals surface area contributed by atoms with E-state index in [1.165, 1.54) is 12.0 Å². The van der Waals surface area contributed by atoms with Gasteiger partial charge in [-0.05, 0) is 31.5 Å². The highest BCUT2D eigenvalue weighted by Gasteiger charge is 2.26. The van der Waals surface area contributed by atoms with E-state index >= 15 is 0 Å². The van der Waals surface area contributed by atoms with Gasteiger partial charge in [-0.25, -0.2) is 0 Å². The van der Waals surface area contributed by atoms with Crippen molar-refractivity contribution in [1.29, 1.82) is 0 Å². The molecule has 0 amide bonds. The Morgan fingerprint density at radius 2 is 2.37 bits per heavy atom. The van der Waals surface area contributed by atoms with Gasteiger partial charge in [-0.2, -0.15) is 0 Å². The SMILES string of the molecule is CCNCc1ccoc1CN1CCC(C)C(OC)C1. The summed E-state index contributed by atoms with van der Waals surface area (Å²) in [5.74, 6) is 1.74. The molecular weight excluding hydrogens is 240 g/mol. The highest BCUT2D eigenvalue weighted by molar-refractivity contribution is 5.16. The van der Waals surface area contributed by atoms with Crippen LogP contribution >= 0.6 is 0 Å². The van der Waals surface area contributed by atoms with E-state index in [1.807, 2.05) is 7.11 Å². The molecule has 4 nitrogen and oxygen atoms in total. The molecule has 0 aliphatic carbocycles. The van der Waals surface area contributed by atoms with Crippen LogP contribution in [-0.4, -0.2) is 37.7 Å². The van der Waals surface area contributed by atoms with E-state index in [0.29, 0.717) is 12.0 Å². The summed E-state index contributed by atoms with van der Waals surface area (Å²) < 4.78 is 11.2. The van der Waals surface area contributed by atoms with Crippen molar-refractivity contribution in [2.75, 3.05) is 26.7 Å². The third kappa shape index (κ3) is 3.81. The molecule has 0 spiro atoms. The Morgan fingerprint density at radius 3 is 3.11 bits per heavy atom. The van der Waals surface area contributed by atoms with Crippen molar-refractivity contribution in [3.8, 4) is 0 Å². The summed E-state index contributed by atoms with van der Waals surface area (Å²) in [5.41, 5.74) is 1.27. The first-order chi connectivity index (χ1) is 9.24. The van der Waals surface area contributed by atoms with Crippen LogP contribution in [0.1, 0.15) is 31.6 Å². The Kier molecular flexibility index (Phi) is 5.43. The predicted molar refractivity (Wildman–Crippen MR) is 75.9 cm³/mol. The molecule has 108 valence electrons. The Balaban J connectivity index is 1.92. The van der Waals surface area contributed by atoms with E-state index in [0.717, 1.165) is 38.5 Å². The van der Waals surface area contributed by atoms with Gasteiger partial charge in [-0.3, -0.25) is 4.90 Å². The number of hydrogen-bond acceptors (Lipinski definition) is 4. The summed E-state index contributed by atoms with van der Waals surface area (Å²) in [6.45, 7) is 9.28. The monoisotopic (exact) mass is 266 g/mol. The van der Waals surface area contributed by atoms with Crippen LogP contribution in [0.2, 0.25) is 0 Å². The van der Waals surface area contributed by atoms with Gasteiger partial charge in [0.15, 0.2) is 0 Å². The Bertz CT molecular complexity index is 378. The molecular formula is C15H26N2O2. The zero-order chi connectivity index (χ0) is 13.7. The highest BCUT2D eigenvalue weighted by atomic mass is 16.5. The van der Waals surface area contributed by atoms with Crippen molar-refractivity contribution in [2.45, 2.75) is 39.5 Å². The highest BCUT2D eigenvalue weighted by Crippen LogP contribution is 2.22. The average Bonchev–Trinajstić information content (AvgIpc) is 2.86. The van der Waals surface area contributed by atoms with Gasteiger partial charge in [-0.1, -0.05) is 13.8 Å². The van der Waals surface area contributed by atoms with Gasteiger partial charge in [0, 0.05) is 25.8 Å². The quantitative estimate of drug-likeness (QED) is 0.857. The lowest BCUT2D eigenvalue weighted by Crippen LogP contribution is -2.43. The van der Waals surface area contributed by atoms with Crippen LogP contribution in [0.4, 0.5) is 0 Å². The summed E-state index contributed by atoms with van der Waals surface area (Å²) in [4.78, 5) is 2.43. The maximum absolute atomic E-state index is 5.64. The number of furan rings is 1. The Labute approximate surface area is 116 Å². The van der Waals surface area contributed by atoms with Gasteiger partial charge in [-0.15, -0.1) is 0 Å². The lowest BCUT2D eigenvalue weighted by Gasteiger charge is -2.35. The predicted octanol–water partition coefficient (Wildman–Crippen LogP) is 2.25. The molecule has 0 bridgehead atoms. The number of nitrogens with zero attached hydrogens (tertiary/aromatic N) is 1. The summed E-state index contributed by atoms with van der Waals surface area (Å²) in [6.07, 6.45) is 3.34. The molecule has 1 saturated heterocycles. The molecule has 2 rings (SSSR count). The van der Waals surface area contributed by atoms with E-state index in [9.17, 15) is 0 Å². The average molecular weight is 266 g/mol. The minimum Gasteiger partial charge on any atom is -0.468 e. The van der Waals surface area contributed by atoms with Gasteiger partial charge in [0.2, 0.25) is 0 Å². The first kappa shape index (κ1) is 14.6. The van der Waals surface area contributed by atoms with Crippen LogP contribution in [0.3, 0.4) is 0 Å². The molecule has 2 atom stereocenters.